The van der Waals surface area contributed by atoms with Gasteiger partial charge in [0.2, 0.25) is 11.8 Å². The highest BCUT2D eigenvalue weighted by Gasteiger charge is 2.34. The van der Waals surface area contributed by atoms with Crippen LogP contribution in [0.15, 0.2) is 40.5 Å². The van der Waals surface area contributed by atoms with Crippen molar-refractivity contribution in [1.82, 2.24) is 9.97 Å². The summed E-state index contributed by atoms with van der Waals surface area (Å²) in [5.74, 6) is -0.153. The molecule has 0 spiro atoms. The number of halogens is 1. The zero-order valence-corrected chi connectivity index (χ0v) is 12.3. The fourth-order valence-electron chi connectivity index (χ4n) is 2.46. The summed E-state index contributed by atoms with van der Waals surface area (Å²) in [5, 5.41) is 9.95. The zero-order valence-electron chi connectivity index (χ0n) is 11.6. The van der Waals surface area contributed by atoms with Gasteiger partial charge >= 0.3 is 0 Å². The number of aryl methyl sites for hydroxylation is 1. The van der Waals surface area contributed by atoms with Crippen LogP contribution in [-0.4, -0.2) is 9.97 Å². The lowest BCUT2D eigenvalue weighted by Crippen LogP contribution is -2.29. The van der Waals surface area contributed by atoms with Crippen molar-refractivity contribution in [3.8, 4) is 11.9 Å². The molecule has 0 saturated heterocycles. The molecular weight excluding hydrogens is 304 g/mol. The minimum absolute atomic E-state index is 0.0487. The lowest BCUT2D eigenvalue weighted by atomic mass is 9.85. The van der Waals surface area contributed by atoms with Gasteiger partial charge in [0.25, 0.3) is 5.56 Å². The molecule has 1 aromatic carbocycles. The van der Waals surface area contributed by atoms with Gasteiger partial charge in [-0.15, -0.1) is 0 Å². The van der Waals surface area contributed by atoms with Gasteiger partial charge in [0.15, 0.2) is 0 Å². The molecular formula is C15H11ClN4O2. The van der Waals surface area contributed by atoms with Crippen LogP contribution in [0.5, 0.6) is 5.88 Å². The summed E-state index contributed by atoms with van der Waals surface area (Å²) in [4.78, 5) is 19.1. The molecule has 1 aliphatic heterocycles. The van der Waals surface area contributed by atoms with E-state index in [4.69, 9.17) is 22.1 Å². The van der Waals surface area contributed by atoms with E-state index in [1.54, 1.807) is 31.2 Å². The number of aromatic nitrogens is 2. The van der Waals surface area contributed by atoms with Crippen LogP contribution in [0.4, 0.5) is 0 Å². The molecule has 1 atom stereocenters. The van der Waals surface area contributed by atoms with Gasteiger partial charge in [0.1, 0.15) is 17.5 Å². The Morgan fingerprint density at radius 3 is 2.73 bits per heavy atom. The summed E-state index contributed by atoms with van der Waals surface area (Å²) in [6.07, 6.45) is 0. The number of allylic oxidation sites excluding steroid dienone is 1. The maximum Gasteiger partial charge on any atom is 0.258 e. The van der Waals surface area contributed by atoms with E-state index in [9.17, 15) is 10.1 Å². The van der Waals surface area contributed by atoms with Crippen LogP contribution in [0, 0.1) is 18.3 Å². The number of fused-ring (bicyclic) bond motifs is 1. The maximum absolute atomic E-state index is 12.3. The van der Waals surface area contributed by atoms with Crippen molar-refractivity contribution in [2.75, 3.05) is 0 Å². The molecule has 2 aromatic rings. The molecule has 1 aliphatic rings. The number of H-pyrrole nitrogens is 1. The molecule has 22 heavy (non-hydrogen) atoms. The minimum Gasteiger partial charge on any atom is -0.422 e. The highest BCUT2D eigenvalue weighted by molar-refractivity contribution is 6.30. The molecule has 110 valence electrons. The molecule has 0 radical (unpaired) electrons. The quantitative estimate of drug-likeness (QED) is 0.837. The number of benzene rings is 1. The minimum atomic E-state index is -0.636. The molecule has 2 heterocycles. The molecule has 0 bridgehead atoms. The Kier molecular flexibility index (Phi) is 3.35. The van der Waals surface area contributed by atoms with Crippen LogP contribution < -0.4 is 16.0 Å². The second kappa shape index (κ2) is 5.20. The molecule has 3 rings (SSSR count). The molecule has 0 aliphatic carbocycles. The van der Waals surface area contributed by atoms with Crippen molar-refractivity contribution in [3.63, 3.8) is 0 Å². The first-order chi connectivity index (χ1) is 10.5. The largest absolute Gasteiger partial charge is 0.422 e. The first kappa shape index (κ1) is 14.2. The Hall–Kier alpha value is -2.78. The Balaban J connectivity index is 2.29. The van der Waals surface area contributed by atoms with E-state index in [1.807, 2.05) is 6.07 Å². The summed E-state index contributed by atoms with van der Waals surface area (Å²) in [6, 6.07) is 8.87. The molecule has 7 heteroatoms. The van der Waals surface area contributed by atoms with Crippen LogP contribution in [0.25, 0.3) is 0 Å². The second-order valence-corrected chi connectivity index (χ2v) is 5.28. The third kappa shape index (κ3) is 2.22. The van der Waals surface area contributed by atoms with Crippen molar-refractivity contribution in [1.29, 1.82) is 5.26 Å². The van der Waals surface area contributed by atoms with Gasteiger partial charge in [-0.05, 0) is 24.6 Å². The Morgan fingerprint density at radius 1 is 1.41 bits per heavy atom. The third-order valence-electron chi connectivity index (χ3n) is 3.41. The van der Waals surface area contributed by atoms with Crippen LogP contribution in [0.3, 0.4) is 0 Å². The van der Waals surface area contributed by atoms with E-state index >= 15 is 0 Å². The topological polar surface area (TPSA) is 105 Å². The van der Waals surface area contributed by atoms with Crippen molar-refractivity contribution in [3.05, 3.63) is 68.0 Å². The fraction of sp³-hybridized carbons (Fsp3) is 0.133. The van der Waals surface area contributed by atoms with Crippen molar-refractivity contribution < 1.29 is 4.74 Å². The number of nitriles is 1. The average molecular weight is 315 g/mol. The van der Waals surface area contributed by atoms with Gasteiger partial charge in [-0.1, -0.05) is 23.7 Å². The van der Waals surface area contributed by atoms with Crippen LogP contribution in [-0.2, 0) is 0 Å². The van der Waals surface area contributed by atoms with E-state index < -0.39 is 5.92 Å². The summed E-state index contributed by atoms with van der Waals surface area (Å²) < 4.78 is 5.35. The van der Waals surface area contributed by atoms with E-state index in [-0.39, 0.29) is 28.5 Å². The summed E-state index contributed by atoms with van der Waals surface area (Å²) in [5.41, 5.74) is 6.61. The SMILES string of the molecule is Cc1nc2c(c(=O)[nH]1)[C@@H](c1ccc(Cl)cc1)C(C#N)=C(N)O2. The maximum atomic E-state index is 12.3. The standard InChI is InChI=1S/C15H11ClN4O2/c1-7-19-14(21)12-11(8-2-4-9(16)5-3-8)10(6-17)13(18)22-15(12)20-7/h2-5,11H,18H2,1H3,(H,19,20,21)/t11-/m0/s1. The number of hydrogen-bond donors (Lipinski definition) is 2. The first-order valence-corrected chi connectivity index (χ1v) is 6.83. The Labute approximate surface area is 130 Å². The molecule has 3 N–H and O–H groups in total. The Bertz CT molecular complexity index is 878. The van der Waals surface area contributed by atoms with Gasteiger partial charge in [0, 0.05) is 5.02 Å². The third-order valence-corrected chi connectivity index (χ3v) is 3.66. The number of nitrogens with one attached hydrogen (secondary N) is 1. The fourth-order valence-corrected chi connectivity index (χ4v) is 2.58. The van der Waals surface area contributed by atoms with E-state index in [0.29, 0.717) is 16.4 Å². The number of rotatable bonds is 1. The molecule has 0 fully saturated rings. The number of nitrogens with zero attached hydrogens (tertiary/aromatic N) is 2. The zero-order chi connectivity index (χ0) is 15.9. The van der Waals surface area contributed by atoms with Crippen molar-refractivity contribution >= 4 is 11.6 Å². The summed E-state index contributed by atoms with van der Waals surface area (Å²) >= 11 is 5.90. The second-order valence-electron chi connectivity index (χ2n) is 4.85. The van der Waals surface area contributed by atoms with Gasteiger partial charge in [-0.25, -0.2) is 0 Å². The van der Waals surface area contributed by atoms with E-state index in [2.05, 4.69) is 9.97 Å². The average Bonchev–Trinajstić information content (AvgIpc) is 2.46. The van der Waals surface area contributed by atoms with Crippen LogP contribution in [0.2, 0.25) is 5.02 Å². The normalized spacial score (nSPS) is 16.7. The molecule has 0 amide bonds. The van der Waals surface area contributed by atoms with Crippen molar-refractivity contribution in [2.45, 2.75) is 12.8 Å². The molecule has 1 aromatic heterocycles. The number of hydrogen-bond acceptors (Lipinski definition) is 5. The van der Waals surface area contributed by atoms with Crippen LogP contribution in [0.1, 0.15) is 22.9 Å². The lowest BCUT2D eigenvalue weighted by Gasteiger charge is -2.24. The molecule has 6 nitrogen and oxygen atoms in total. The summed E-state index contributed by atoms with van der Waals surface area (Å²) in [6.45, 7) is 1.64. The van der Waals surface area contributed by atoms with Gasteiger partial charge in [-0.3, -0.25) is 4.79 Å². The van der Waals surface area contributed by atoms with Gasteiger partial charge < -0.3 is 15.5 Å². The van der Waals surface area contributed by atoms with Gasteiger partial charge in [0.05, 0.1) is 11.5 Å². The van der Waals surface area contributed by atoms with Gasteiger partial charge in [-0.2, -0.15) is 10.2 Å². The molecule has 0 saturated carbocycles. The van der Waals surface area contributed by atoms with E-state index in [1.165, 1.54) is 0 Å². The smallest absolute Gasteiger partial charge is 0.258 e. The summed E-state index contributed by atoms with van der Waals surface area (Å²) in [7, 11) is 0. The highest BCUT2D eigenvalue weighted by Crippen LogP contribution is 2.39. The number of nitrogens with two attached hydrogens (primary N) is 1. The number of aromatic amines is 1. The Morgan fingerprint density at radius 2 is 2.09 bits per heavy atom. The predicted molar refractivity (Wildman–Crippen MR) is 80.3 cm³/mol. The highest BCUT2D eigenvalue weighted by atomic mass is 35.5. The monoisotopic (exact) mass is 314 g/mol. The first-order valence-electron chi connectivity index (χ1n) is 6.45. The predicted octanol–water partition coefficient (Wildman–Crippen LogP) is 1.95. The number of ether oxygens (including phenoxy) is 1. The lowest BCUT2D eigenvalue weighted by molar-refractivity contribution is 0.373. The van der Waals surface area contributed by atoms with E-state index in [0.717, 1.165) is 0 Å². The van der Waals surface area contributed by atoms with Crippen molar-refractivity contribution in [2.24, 2.45) is 5.73 Å². The van der Waals surface area contributed by atoms with Crippen LogP contribution >= 0.6 is 11.6 Å². The molecule has 0 unspecified atom stereocenters.